The Hall–Kier alpha value is -4.15. The largest absolute Gasteiger partial charge is 0.416 e. The number of nitrogens with one attached hydrogen (secondary N) is 1. The number of hydrogen-bond acceptors (Lipinski definition) is 5. The molecule has 0 unspecified atom stereocenters. The summed E-state index contributed by atoms with van der Waals surface area (Å²) >= 11 is 0. The summed E-state index contributed by atoms with van der Waals surface area (Å²) in [6.45, 7) is 0. The summed E-state index contributed by atoms with van der Waals surface area (Å²) in [6.07, 6.45) is 3.15. The van der Waals surface area contributed by atoms with Crippen molar-refractivity contribution in [1.29, 1.82) is 0 Å². The number of aryl methyl sites for hydroxylation is 1. The Morgan fingerprint density at radius 1 is 1.06 bits per heavy atom. The summed E-state index contributed by atoms with van der Waals surface area (Å²) in [7, 11) is 1.86. The van der Waals surface area contributed by atoms with Crippen molar-refractivity contribution >= 4 is 11.7 Å². The minimum Gasteiger partial charge on any atom is -0.340 e. The van der Waals surface area contributed by atoms with Crippen LogP contribution in [0.25, 0.3) is 11.1 Å². The van der Waals surface area contributed by atoms with Gasteiger partial charge in [0, 0.05) is 43.0 Å². The minimum absolute atomic E-state index is 0.236. The molecule has 3 aromatic heterocycles. The van der Waals surface area contributed by atoms with E-state index in [1.807, 2.05) is 17.8 Å². The summed E-state index contributed by atoms with van der Waals surface area (Å²) in [6, 6.07) is 5.78. The second-order valence-electron chi connectivity index (χ2n) is 7.56. The van der Waals surface area contributed by atoms with Gasteiger partial charge in [0.15, 0.2) is 0 Å². The Bertz CT molecular complexity index is 1320. The molecule has 4 rings (SSSR count). The SMILES string of the molecule is Cn1cnc(Cc2ncc(-c3ccc(CC(=O)Nc4cc(C(F)(F)F)ccn4)cc3F)cn2)c1. The Balaban J connectivity index is 1.41. The topological polar surface area (TPSA) is 85.6 Å². The first-order valence-electron chi connectivity index (χ1n) is 10.1. The predicted octanol–water partition coefficient (Wildman–Crippen LogP) is 4.20. The van der Waals surface area contributed by atoms with E-state index in [1.165, 1.54) is 24.5 Å². The highest BCUT2D eigenvalue weighted by atomic mass is 19.4. The zero-order valence-electron chi connectivity index (χ0n) is 17.8. The van der Waals surface area contributed by atoms with Crippen molar-refractivity contribution in [1.82, 2.24) is 24.5 Å². The molecule has 0 spiro atoms. The van der Waals surface area contributed by atoms with Crippen LogP contribution in [0.4, 0.5) is 23.4 Å². The van der Waals surface area contributed by atoms with Gasteiger partial charge in [0.1, 0.15) is 17.5 Å². The first kappa shape index (κ1) is 23.0. The number of anilines is 1. The lowest BCUT2D eigenvalue weighted by Crippen LogP contribution is -2.16. The van der Waals surface area contributed by atoms with Crippen LogP contribution in [-0.4, -0.2) is 30.4 Å². The maximum absolute atomic E-state index is 14.7. The van der Waals surface area contributed by atoms with Gasteiger partial charge in [0.25, 0.3) is 0 Å². The number of carbonyl (C=O) groups is 1. The Labute approximate surface area is 191 Å². The summed E-state index contributed by atoms with van der Waals surface area (Å²) in [4.78, 5) is 28.7. The molecule has 0 aliphatic rings. The summed E-state index contributed by atoms with van der Waals surface area (Å²) in [5.74, 6) is -0.899. The van der Waals surface area contributed by atoms with Gasteiger partial charge < -0.3 is 9.88 Å². The number of halogens is 4. The zero-order chi connectivity index (χ0) is 24.3. The normalized spacial score (nSPS) is 11.4. The van der Waals surface area contributed by atoms with Crippen LogP contribution in [0.3, 0.4) is 0 Å². The van der Waals surface area contributed by atoms with Crippen LogP contribution in [-0.2, 0) is 30.9 Å². The summed E-state index contributed by atoms with van der Waals surface area (Å²) in [5, 5.41) is 2.30. The molecule has 0 radical (unpaired) electrons. The van der Waals surface area contributed by atoms with Gasteiger partial charge >= 0.3 is 6.18 Å². The van der Waals surface area contributed by atoms with Crippen LogP contribution in [0.15, 0.2) is 61.4 Å². The van der Waals surface area contributed by atoms with Gasteiger partial charge in [0.2, 0.25) is 5.91 Å². The molecule has 1 amide bonds. The average molecular weight is 470 g/mol. The van der Waals surface area contributed by atoms with Crippen molar-refractivity contribution in [3.8, 4) is 11.1 Å². The van der Waals surface area contributed by atoms with E-state index in [2.05, 4.69) is 25.3 Å². The van der Waals surface area contributed by atoms with Gasteiger partial charge in [-0.1, -0.05) is 12.1 Å². The molecule has 0 bridgehead atoms. The zero-order valence-corrected chi connectivity index (χ0v) is 17.8. The molecule has 7 nitrogen and oxygen atoms in total. The lowest BCUT2D eigenvalue weighted by atomic mass is 10.0. The number of pyridine rings is 1. The second kappa shape index (κ2) is 9.38. The molecule has 0 aliphatic heterocycles. The van der Waals surface area contributed by atoms with Crippen LogP contribution in [0, 0.1) is 5.82 Å². The minimum atomic E-state index is -4.55. The maximum Gasteiger partial charge on any atom is 0.416 e. The molecule has 34 heavy (non-hydrogen) atoms. The Kier molecular flexibility index (Phi) is 6.35. The van der Waals surface area contributed by atoms with Crippen LogP contribution in [0.2, 0.25) is 0 Å². The molecule has 3 heterocycles. The third kappa shape index (κ3) is 5.61. The first-order chi connectivity index (χ1) is 16.2. The summed E-state index contributed by atoms with van der Waals surface area (Å²) < 4.78 is 54.9. The molecule has 1 aromatic carbocycles. The van der Waals surface area contributed by atoms with E-state index in [4.69, 9.17) is 0 Å². The van der Waals surface area contributed by atoms with Gasteiger partial charge in [-0.2, -0.15) is 13.2 Å². The molecule has 0 saturated heterocycles. The molecule has 0 fully saturated rings. The standard InChI is InChI=1S/C23H18F4N6O/c1-33-12-17(31-13-33)9-20-29-10-15(11-30-20)18-3-2-14(6-19(18)24)7-22(34)32-21-8-16(4-5-28-21)23(25,26)27/h2-6,8,10-13H,7,9H2,1H3,(H,28,32,34). The number of benzene rings is 1. The number of imidazole rings is 1. The number of amides is 1. The molecular formula is C23H18F4N6O. The van der Waals surface area contributed by atoms with Crippen molar-refractivity contribution in [2.45, 2.75) is 19.0 Å². The molecule has 0 atom stereocenters. The fourth-order valence-electron chi connectivity index (χ4n) is 3.26. The van der Waals surface area contributed by atoms with Gasteiger partial charge in [0.05, 0.1) is 30.4 Å². The van der Waals surface area contributed by atoms with Crippen LogP contribution in [0.5, 0.6) is 0 Å². The van der Waals surface area contributed by atoms with E-state index in [1.54, 1.807) is 12.4 Å². The smallest absolute Gasteiger partial charge is 0.340 e. The fraction of sp³-hybridized carbons (Fsp3) is 0.174. The molecule has 1 N–H and O–H groups in total. The first-order valence-corrected chi connectivity index (χ1v) is 10.1. The lowest BCUT2D eigenvalue weighted by molar-refractivity contribution is -0.137. The molecule has 11 heteroatoms. The fourth-order valence-corrected chi connectivity index (χ4v) is 3.26. The molecule has 0 aliphatic carbocycles. The van der Waals surface area contributed by atoms with Crippen LogP contribution >= 0.6 is 0 Å². The van der Waals surface area contributed by atoms with Crippen molar-refractivity contribution in [3.05, 3.63) is 89.9 Å². The van der Waals surface area contributed by atoms with Crippen molar-refractivity contribution in [3.63, 3.8) is 0 Å². The highest BCUT2D eigenvalue weighted by Crippen LogP contribution is 2.30. The number of alkyl halides is 3. The van der Waals surface area contributed by atoms with Crippen LogP contribution < -0.4 is 5.32 Å². The van der Waals surface area contributed by atoms with E-state index < -0.39 is 23.5 Å². The van der Waals surface area contributed by atoms with Crippen molar-refractivity contribution in [2.75, 3.05) is 5.32 Å². The van der Waals surface area contributed by atoms with E-state index >= 15 is 0 Å². The lowest BCUT2D eigenvalue weighted by Gasteiger charge is -2.10. The van der Waals surface area contributed by atoms with E-state index in [-0.39, 0.29) is 17.8 Å². The van der Waals surface area contributed by atoms with Gasteiger partial charge in [-0.3, -0.25) is 4.79 Å². The summed E-state index contributed by atoms with van der Waals surface area (Å²) in [5.41, 5.74) is 0.948. The number of carbonyl (C=O) groups excluding carboxylic acids is 1. The number of rotatable bonds is 6. The predicted molar refractivity (Wildman–Crippen MR) is 115 cm³/mol. The number of hydrogen-bond donors (Lipinski definition) is 1. The van der Waals surface area contributed by atoms with Gasteiger partial charge in [-0.25, -0.2) is 24.3 Å². The molecular weight excluding hydrogens is 452 g/mol. The highest BCUT2D eigenvalue weighted by molar-refractivity contribution is 5.91. The van der Waals surface area contributed by atoms with E-state index in [0.29, 0.717) is 23.4 Å². The van der Waals surface area contributed by atoms with E-state index in [0.717, 1.165) is 24.0 Å². The quantitative estimate of drug-likeness (QED) is 0.427. The highest BCUT2D eigenvalue weighted by Gasteiger charge is 2.30. The number of aromatic nitrogens is 5. The van der Waals surface area contributed by atoms with Crippen molar-refractivity contribution in [2.24, 2.45) is 7.05 Å². The maximum atomic E-state index is 14.7. The second-order valence-corrected chi connectivity index (χ2v) is 7.56. The average Bonchev–Trinajstić information content (AvgIpc) is 3.18. The third-order valence-corrected chi connectivity index (χ3v) is 4.87. The molecule has 4 aromatic rings. The molecule has 174 valence electrons. The van der Waals surface area contributed by atoms with Gasteiger partial charge in [-0.15, -0.1) is 0 Å². The monoisotopic (exact) mass is 470 g/mol. The Morgan fingerprint density at radius 2 is 1.82 bits per heavy atom. The van der Waals surface area contributed by atoms with Gasteiger partial charge in [-0.05, 0) is 23.8 Å². The molecule has 0 saturated carbocycles. The number of nitrogens with zero attached hydrogens (tertiary/aromatic N) is 5. The van der Waals surface area contributed by atoms with Crippen molar-refractivity contribution < 1.29 is 22.4 Å². The van der Waals surface area contributed by atoms with Crippen LogP contribution in [0.1, 0.15) is 22.6 Å². The third-order valence-electron chi connectivity index (χ3n) is 4.87. The Morgan fingerprint density at radius 3 is 2.47 bits per heavy atom. The van der Waals surface area contributed by atoms with E-state index in [9.17, 15) is 22.4 Å².